The van der Waals surface area contributed by atoms with Gasteiger partial charge >= 0.3 is 5.97 Å². The number of hydrogen-bond donors (Lipinski definition) is 5. The lowest BCUT2D eigenvalue weighted by molar-refractivity contribution is -0.134. The minimum atomic E-state index is -1.03. The Kier molecular flexibility index (Phi) is 11.5. The first-order valence-corrected chi connectivity index (χ1v) is 14.2. The van der Waals surface area contributed by atoms with Gasteiger partial charge in [-0.1, -0.05) is 84.0 Å². The second kappa shape index (κ2) is 15.1. The number of phenols is 4. The van der Waals surface area contributed by atoms with E-state index in [0.717, 1.165) is 37.5 Å². The third kappa shape index (κ3) is 8.07. The zero-order valence-corrected chi connectivity index (χ0v) is 23.1. The van der Waals surface area contributed by atoms with E-state index >= 15 is 0 Å². The van der Waals surface area contributed by atoms with E-state index in [1.165, 1.54) is 63.9 Å². The van der Waals surface area contributed by atoms with Gasteiger partial charge in [0.15, 0.2) is 28.8 Å². The first kappa shape index (κ1) is 30.7. The van der Waals surface area contributed by atoms with Crippen LogP contribution in [0.25, 0.3) is 22.3 Å². The lowest BCUT2D eigenvalue weighted by Gasteiger charge is -2.12. The summed E-state index contributed by atoms with van der Waals surface area (Å²) < 4.78 is 10.7. The van der Waals surface area contributed by atoms with Crippen molar-refractivity contribution < 1.29 is 39.5 Å². The molecular formula is C31H40O9. The molecule has 0 saturated carbocycles. The van der Waals surface area contributed by atoms with Gasteiger partial charge in [-0.15, -0.1) is 0 Å². The van der Waals surface area contributed by atoms with E-state index in [1.54, 1.807) is 0 Å². The molecule has 0 aliphatic carbocycles. The largest absolute Gasteiger partial charge is 0.504 e. The Labute approximate surface area is 233 Å². The van der Waals surface area contributed by atoms with E-state index in [1.807, 2.05) is 0 Å². The van der Waals surface area contributed by atoms with E-state index < -0.39 is 51.3 Å². The molecule has 0 amide bonds. The summed E-state index contributed by atoms with van der Waals surface area (Å²) in [4.78, 5) is 25.2. The number of esters is 1. The minimum Gasteiger partial charge on any atom is -0.504 e. The molecule has 2 aromatic carbocycles. The molecule has 40 heavy (non-hydrogen) atoms. The highest BCUT2D eigenvalue weighted by atomic mass is 16.5. The number of unbranched alkanes of at least 4 members (excludes halogenated alkanes) is 12. The fraction of sp³-hybridized carbons (Fsp3) is 0.484. The highest BCUT2D eigenvalue weighted by Gasteiger charge is 2.24. The van der Waals surface area contributed by atoms with Gasteiger partial charge in [0.1, 0.15) is 11.0 Å². The summed E-state index contributed by atoms with van der Waals surface area (Å²) in [7, 11) is 0. The maximum atomic E-state index is 12.8. The maximum absolute atomic E-state index is 12.8. The Morgan fingerprint density at radius 3 is 1.88 bits per heavy atom. The zero-order valence-electron chi connectivity index (χ0n) is 23.1. The second-order valence-corrected chi connectivity index (χ2v) is 10.2. The molecule has 1 aromatic heterocycles. The highest BCUT2D eigenvalue weighted by molar-refractivity contribution is 5.92. The van der Waals surface area contributed by atoms with E-state index in [9.17, 15) is 35.1 Å². The van der Waals surface area contributed by atoms with Crippen molar-refractivity contribution in [3.05, 3.63) is 34.5 Å². The van der Waals surface area contributed by atoms with Gasteiger partial charge in [0, 0.05) is 18.1 Å². The van der Waals surface area contributed by atoms with Crippen LogP contribution in [0.3, 0.4) is 0 Å². The van der Waals surface area contributed by atoms with Crippen LogP contribution >= 0.6 is 0 Å². The van der Waals surface area contributed by atoms with Crippen molar-refractivity contribution >= 4 is 16.9 Å². The van der Waals surface area contributed by atoms with E-state index in [0.29, 0.717) is 6.42 Å². The van der Waals surface area contributed by atoms with Gasteiger partial charge < -0.3 is 34.7 Å². The number of carbonyl (C=O) groups excluding carboxylic acids is 1. The van der Waals surface area contributed by atoms with Crippen molar-refractivity contribution in [2.24, 2.45) is 0 Å². The predicted octanol–water partition coefficient (Wildman–Crippen LogP) is 7.37. The molecule has 3 aromatic rings. The summed E-state index contributed by atoms with van der Waals surface area (Å²) in [6, 6.07) is 4.51. The molecule has 0 radical (unpaired) electrons. The molecule has 0 aliphatic heterocycles. The number of phenolic OH excluding ortho intramolecular Hbond substituents is 4. The van der Waals surface area contributed by atoms with Crippen LogP contribution in [0.1, 0.15) is 96.8 Å². The molecule has 0 spiro atoms. The van der Waals surface area contributed by atoms with Gasteiger partial charge in [0.25, 0.3) is 0 Å². The average Bonchev–Trinajstić information content (AvgIpc) is 2.92. The van der Waals surface area contributed by atoms with Gasteiger partial charge in [-0.05, 0) is 24.6 Å². The summed E-state index contributed by atoms with van der Waals surface area (Å²) in [6.07, 6.45) is 15.3. The van der Waals surface area contributed by atoms with Crippen LogP contribution in [-0.4, -0.2) is 31.5 Å². The SMILES string of the molecule is CCCCCCCCCCCCCCCC(=O)Oc1c(O)cc2oc(-c3ccc(O)c(O)c3)c(O)c(=O)c2c1O. The third-order valence-electron chi connectivity index (χ3n) is 7.01. The number of rotatable bonds is 16. The Morgan fingerprint density at radius 1 is 0.725 bits per heavy atom. The summed E-state index contributed by atoms with van der Waals surface area (Å²) >= 11 is 0. The van der Waals surface area contributed by atoms with Gasteiger partial charge in [-0.25, -0.2) is 0 Å². The van der Waals surface area contributed by atoms with E-state index in [2.05, 4.69) is 6.92 Å². The Hall–Kier alpha value is -3.88. The summed E-state index contributed by atoms with van der Waals surface area (Å²) in [6.45, 7) is 2.23. The van der Waals surface area contributed by atoms with Gasteiger partial charge in [-0.3, -0.25) is 9.59 Å². The molecule has 0 atom stereocenters. The molecule has 9 nitrogen and oxygen atoms in total. The van der Waals surface area contributed by atoms with Crippen LogP contribution in [0.4, 0.5) is 0 Å². The number of ether oxygens (including phenoxy) is 1. The van der Waals surface area contributed by atoms with E-state index in [-0.39, 0.29) is 23.3 Å². The van der Waals surface area contributed by atoms with Crippen LogP contribution in [-0.2, 0) is 4.79 Å². The first-order chi connectivity index (χ1) is 19.2. The number of carbonyl (C=O) groups is 1. The lowest BCUT2D eigenvalue weighted by Crippen LogP contribution is -2.09. The predicted molar refractivity (Wildman–Crippen MR) is 152 cm³/mol. The van der Waals surface area contributed by atoms with Crippen LogP contribution in [0, 0.1) is 0 Å². The number of hydrogen-bond acceptors (Lipinski definition) is 9. The van der Waals surface area contributed by atoms with Crippen molar-refractivity contribution in [2.75, 3.05) is 0 Å². The molecule has 1 heterocycles. The Balaban J connectivity index is 1.52. The Morgan fingerprint density at radius 2 is 1.30 bits per heavy atom. The average molecular weight is 557 g/mol. The first-order valence-electron chi connectivity index (χ1n) is 14.2. The molecule has 0 aliphatic rings. The quantitative estimate of drug-likeness (QED) is 0.0525. The zero-order chi connectivity index (χ0) is 29.1. The molecule has 0 unspecified atom stereocenters. The van der Waals surface area contributed by atoms with Gasteiger partial charge in [0.2, 0.25) is 16.9 Å². The fourth-order valence-electron chi connectivity index (χ4n) is 4.71. The second-order valence-electron chi connectivity index (χ2n) is 10.2. The normalized spacial score (nSPS) is 11.2. The van der Waals surface area contributed by atoms with Crippen molar-refractivity contribution in [3.8, 4) is 45.8 Å². The molecule has 9 heteroatoms. The molecule has 5 N–H and O–H groups in total. The molecule has 218 valence electrons. The van der Waals surface area contributed by atoms with Crippen LogP contribution in [0.5, 0.6) is 34.5 Å². The van der Waals surface area contributed by atoms with Crippen molar-refractivity contribution in [2.45, 2.75) is 96.8 Å². The van der Waals surface area contributed by atoms with E-state index in [4.69, 9.17) is 9.15 Å². The van der Waals surface area contributed by atoms with Gasteiger partial charge in [0.05, 0.1) is 0 Å². The maximum Gasteiger partial charge on any atom is 0.311 e. The number of benzene rings is 2. The highest BCUT2D eigenvalue weighted by Crippen LogP contribution is 2.44. The fourth-order valence-corrected chi connectivity index (χ4v) is 4.71. The van der Waals surface area contributed by atoms with Crippen LogP contribution in [0.2, 0.25) is 0 Å². The van der Waals surface area contributed by atoms with Crippen molar-refractivity contribution in [1.82, 2.24) is 0 Å². The van der Waals surface area contributed by atoms with Gasteiger partial charge in [-0.2, -0.15) is 0 Å². The standard InChI is InChI=1S/C31H40O9/c1-2-3-4-5-6-7-8-9-10-11-12-13-14-15-25(35)40-31-23(34)19-24-26(28(31)37)27(36)29(38)30(39-24)20-16-17-21(32)22(33)18-20/h16-19,32-34,37-38H,2-15H2,1H3. The topological polar surface area (TPSA) is 158 Å². The summed E-state index contributed by atoms with van der Waals surface area (Å²) in [5, 5.41) is 50.2. The summed E-state index contributed by atoms with van der Waals surface area (Å²) in [5.74, 6) is -4.86. The molecule has 0 fully saturated rings. The smallest absolute Gasteiger partial charge is 0.311 e. The minimum absolute atomic E-state index is 0.0686. The van der Waals surface area contributed by atoms with Crippen molar-refractivity contribution in [3.63, 3.8) is 0 Å². The molecular weight excluding hydrogens is 516 g/mol. The third-order valence-corrected chi connectivity index (χ3v) is 7.01. The monoisotopic (exact) mass is 556 g/mol. The number of aromatic hydroxyl groups is 5. The molecule has 0 saturated heterocycles. The van der Waals surface area contributed by atoms with Crippen molar-refractivity contribution in [1.29, 1.82) is 0 Å². The molecule has 0 bridgehead atoms. The summed E-state index contributed by atoms with van der Waals surface area (Å²) in [5.41, 5.74) is -1.24. The number of fused-ring (bicyclic) bond motifs is 1. The van der Waals surface area contributed by atoms with Crippen LogP contribution < -0.4 is 10.2 Å². The lowest BCUT2D eigenvalue weighted by atomic mass is 10.0. The molecule has 3 rings (SSSR count). The van der Waals surface area contributed by atoms with Crippen LogP contribution in [0.15, 0.2) is 33.5 Å². The Bertz CT molecular complexity index is 1340.